The van der Waals surface area contributed by atoms with Crippen LogP contribution in [0.25, 0.3) is 0 Å². The van der Waals surface area contributed by atoms with Gasteiger partial charge in [-0.05, 0) is 20.5 Å². The number of carboxylic acids is 1. The molecular formula is C11H21N3O4. The van der Waals surface area contributed by atoms with Gasteiger partial charge in [0.1, 0.15) is 6.54 Å². The van der Waals surface area contributed by atoms with Gasteiger partial charge in [-0.15, -0.1) is 0 Å². The predicted molar refractivity (Wildman–Crippen MR) is 65.3 cm³/mol. The molecule has 0 bridgehead atoms. The highest BCUT2D eigenvalue weighted by Gasteiger charge is 2.36. The molecular weight excluding hydrogens is 238 g/mol. The average Bonchev–Trinajstić information content (AvgIpc) is 2.56. The minimum atomic E-state index is -1.05. The van der Waals surface area contributed by atoms with Crippen LogP contribution < -0.4 is 0 Å². The van der Waals surface area contributed by atoms with Crippen LogP contribution in [0.5, 0.6) is 0 Å². The Kier molecular flexibility index (Phi) is 4.92. The van der Waals surface area contributed by atoms with E-state index in [0.717, 1.165) is 4.90 Å². The van der Waals surface area contributed by atoms with Crippen LogP contribution in [0.15, 0.2) is 0 Å². The van der Waals surface area contributed by atoms with Gasteiger partial charge < -0.3 is 24.9 Å². The predicted octanol–water partition coefficient (Wildman–Crippen LogP) is -0.880. The summed E-state index contributed by atoms with van der Waals surface area (Å²) in [6.07, 6.45) is 0.00213. The lowest BCUT2D eigenvalue weighted by Crippen LogP contribution is -2.48. The molecule has 1 aliphatic rings. The summed E-state index contributed by atoms with van der Waals surface area (Å²) in [5, 5.41) is 18.3. The van der Waals surface area contributed by atoms with Gasteiger partial charge in [0.2, 0.25) is 0 Å². The molecule has 0 aromatic heterocycles. The minimum absolute atomic E-state index is 0.0706. The van der Waals surface area contributed by atoms with Crippen LogP contribution in [0.2, 0.25) is 0 Å². The fourth-order valence-electron chi connectivity index (χ4n) is 2.21. The van der Waals surface area contributed by atoms with Gasteiger partial charge in [0.15, 0.2) is 0 Å². The molecule has 0 aromatic rings. The van der Waals surface area contributed by atoms with Crippen molar-refractivity contribution in [3.63, 3.8) is 0 Å². The Morgan fingerprint density at radius 2 is 1.94 bits per heavy atom. The molecule has 7 heteroatoms. The SMILES string of the molecule is CN(C)CC1CC(O)CN1C(=O)N(C)CC(=O)O. The van der Waals surface area contributed by atoms with Crippen molar-refractivity contribution in [2.75, 3.05) is 40.8 Å². The molecule has 0 spiro atoms. The maximum absolute atomic E-state index is 12.1. The van der Waals surface area contributed by atoms with Crippen LogP contribution in [0, 0.1) is 0 Å². The molecule has 1 saturated heterocycles. The van der Waals surface area contributed by atoms with Gasteiger partial charge in [-0.25, -0.2) is 4.79 Å². The normalized spacial score (nSPS) is 23.5. The number of aliphatic hydroxyl groups excluding tert-OH is 1. The van der Waals surface area contributed by atoms with Crippen molar-refractivity contribution < 1.29 is 19.8 Å². The number of aliphatic hydroxyl groups is 1. The van der Waals surface area contributed by atoms with Crippen molar-refractivity contribution >= 4 is 12.0 Å². The van der Waals surface area contributed by atoms with E-state index in [2.05, 4.69) is 0 Å². The molecule has 0 radical (unpaired) electrons. The first-order valence-electron chi connectivity index (χ1n) is 5.87. The summed E-state index contributed by atoms with van der Waals surface area (Å²) < 4.78 is 0. The molecule has 1 fully saturated rings. The number of aliphatic carboxylic acids is 1. The van der Waals surface area contributed by atoms with E-state index in [1.165, 1.54) is 7.05 Å². The van der Waals surface area contributed by atoms with Crippen LogP contribution in [-0.2, 0) is 4.79 Å². The van der Waals surface area contributed by atoms with E-state index in [1.54, 1.807) is 4.90 Å². The third-order valence-electron chi connectivity index (χ3n) is 2.91. The van der Waals surface area contributed by atoms with Gasteiger partial charge in [0.25, 0.3) is 0 Å². The maximum atomic E-state index is 12.1. The zero-order chi connectivity index (χ0) is 13.9. The van der Waals surface area contributed by atoms with Crippen LogP contribution in [-0.4, -0.2) is 89.8 Å². The zero-order valence-corrected chi connectivity index (χ0v) is 11.0. The van der Waals surface area contributed by atoms with Crippen LogP contribution >= 0.6 is 0 Å². The monoisotopic (exact) mass is 259 g/mol. The quantitative estimate of drug-likeness (QED) is 0.685. The molecule has 104 valence electrons. The highest BCUT2D eigenvalue weighted by molar-refractivity contribution is 5.80. The highest BCUT2D eigenvalue weighted by Crippen LogP contribution is 2.19. The Hall–Kier alpha value is -1.34. The molecule has 7 nitrogen and oxygen atoms in total. The molecule has 0 aromatic carbocycles. The number of β-amino-alcohol motifs (C(OH)–C–C–N with tert-alkyl or cyclic N) is 1. The van der Waals surface area contributed by atoms with Crippen molar-refractivity contribution in [1.29, 1.82) is 0 Å². The summed E-state index contributed by atoms with van der Waals surface area (Å²) in [6, 6.07) is -0.417. The first-order chi connectivity index (χ1) is 8.31. The highest BCUT2D eigenvalue weighted by atomic mass is 16.4. The summed E-state index contributed by atoms with van der Waals surface area (Å²) in [7, 11) is 5.25. The fraction of sp³-hybridized carbons (Fsp3) is 0.818. The van der Waals surface area contributed by atoms with Crippen molar-refractivity contribution in [2.45, 2.75) is 18.6 Å². The number of hydrogen-bond donors (Lipinski definition) is 2. The van der Waals surface area contributed by atoms with Gasteiger partial charge in [0.05, 0.1) is 6.10 Å². The lowest BCUT2D eigenvalue weighted by molar-refractivity contribution is -0.137. The number of amides is 2. The van der Waals surface area contributed by atoms with E-state index in [1.807, 2.05) is 19.0 Å². The number of rotatable bonds is 4. The second-order valence-electron chi connectivity index (χ2n) is 4.99. The Morgan fingerprint density at radius 1 is 1.33 bits per heavy atom. The maximum Gasteiger partial charge on any atom is 0.323 e. The summed E-state index contributed by atoms with van der Waals surface area (Å²) in [4.78, 5) is 27.3. The molecule has 1 rings (SSSR count). The minimum Gasteiger partial charge on any atom is -0.480 e. The Balaban J connectivity index is 2.66. The number of urea groups is 1. The van der Waals surface area contributed by atoms with Gasteiger partial charge >= 0.3 is 12.0 Å². The van der Waals surface area contributed by atoms with E-state index in [-0.39, 0.29) is 25.2 Å². The van der Waals surface area contributed by atoms with Crippen molar-refractivity contribution in [1.82, 2.24) is 14.7 Å². The molecule has 2 unspecified atom stereocenters. The molecule has 1 heterocycles. The number of hydrogen-bond acceptors (Lipinski definition) is 4. The average molecular weight is 259 g/mol. The Labute approximate surface area is 107 Å². The lowest BCUT2D eigenvalue weighted by atomic mass is 10.2. The van der Waals surface area contributed by atoms with Gasteiger partial charge in [-0.3, -0.25) is 4.79 Å². The smallest absolute Gasteiger partial charge is 0.323 e. The lowest BCUT2D eigenvalue weighted by Gasteiger charge is -2.30. The summed E-state index contributed by atoms with van der Waals surface area (Å²) in [5.41, 5.74) is 0. The topological polar surface area (TPSA) is 84.3 Å². The third-order valence-corrected chi connectivity index (χ3v) is 2.91. The largest absolute Gasteiger partial charge is 0.480 e. The Morgan fingerprint density at radius 3 is 2.44 bits per heavy atom. The number of carbonyl (C=O) groups excluding carboxylic acids is 1. The van der Waals surface area contributed by atoms with E-state index >= 15 is 0 Å². The standard InChI is InChI=1S/C11H21N3O4/c1-12(2)5-8-4-9(15)6-14(8)11(18)13(3)7-10(16)17/h8-9,15H,4-7H2,1-3H3,(H,16,17). The number of likely N-dealkylation sites (tertiary alicyclic amines) is 1. The molecule has 2 N–H and O–H groups in total. The van der Waals surface area contributed by atoms with Crippen molar-refractivity contribution in [3.8, 4) is 0 Å². The van der Waals surface area contributed by atoms with E-state index in [0.29, 0.717) is 13.0 Å². The first-order valence-corrected chi connectivity index (χ1v) is 5.87. The van der Waals surface area contributed by atoms with E-state index in [4.69, 9.17) is 5.11 Å². The van der Waals surface area contributed by atoms with E-state index < -0.39 is 12.1 Å². The molecule has 0 saturated carbocycles. The van der Waals surface area contributed by atoms with Gasteiger partial charge in [-0.2, -0.15) is 0 Å². The van der Waals surface area contributed by atoms with Crippen molar-refractivity contribution in [3.05, 3.63) is 0 Å². The summed E-state index contributed by atoms with van der Waals surface area (Å²) in [5.74, 6) is -1.05. The number of carbonyl (C=O) groups is 2. The number of likely N-dealkylation sites (N-methyl/N-ethyl adjacent to an activating group) is 2. The molecule has 2 atom stereocenters. The van der Waals surface area contributed by atoms with Crippen LogP contribution in [0.1, 0.15) is 6.42 Å². The number of carboxylic acid groups (broad SMARTS) is 1. The van der Waals surface area contributed by atoms with Crippen molar-refractivity contribution in [2.24, 2.45) is 0 Å². The zero-order valence-electron chi connectivity index (χ0n) is 11.0. The summed E-state index contributed by atoms with van der Waals surface area (Å²) in [6.45, 7) is 0.588. The number of nitrogens with zero attached hydrogens (tertiary/aromatic N) is 3. The third kappa shape index (κ3) is 3.85. The molecule has 2 amide bonds. The van der Waals surface area contributed by atoms with Gasteiger partial charge in [0, 0.05) is 26.2 Å². The Bertz CT molecular complexity index is 321. The second-order valence-corrected chi connectivity index (χ2v) is 4.99. The van der Waals surface area contributed by atoms with Crippen LogP contribution in [0.3, 0.4) is 0 Å². The molecule has 1 aliphatic heterocycles. The first kappa shape index (κ1) is 14.7. The van der Waals surface area contributed by atoms with E-state index in [9.17, 15) is 14.7 Å². The summed E-state index contributed by atoms with van der Waals surface area (Å²) >= 11 is 0. The van der Waals surface area contributed by atoms with Gasteiger partial charge in [-0.1, -0.05) is 0 Å². The fourth-order valence-corrected chi connectivity index (χ4v) is 2.21. The second kappa shape index (κ2) is 6.01. The molecule has 0 aliphatic carbocycles. The van der Waals surface area contributed by atoms with Crippen LogP contribution in [0.4, 0.5) is 4.79 Å². The molecule has 18 heavy (non-hydrogen) atoms.